The largest absolute Gasteiger partial charge is 0.497 e. The Morgan fingerprint density at radius 3 is 2.47 bits per heavy atom. The number of Topliss-reactive ketones (excluding diaryl/α,β-unsaturated/α-hetero) is 1. The Bertz CT molecular complexity index is 1390. The van der Waals surface area contributed by atoms with Gasteiger partial charge in [-0.2, -0.15) is 0 Å². The zero-order valence-corrected chi connectivity index (χ0v) is 20.5. The predicted octanol–water partition coefficient (Wildman–Crippen LogP) is 4.97. The smallest absolute Gasteiger partial charge is 0.257 e. The first-order chi connectivity index (χ1) is 17.5. The molecule has 0 saturated carbocycles. The predicted molar refractivity (Wildman–Crippen MR) is 137 cm³/mol. The van der Waals surface area contributed by atoms with Gasteiger partial charge >= 0.3 is 0 Å². The Morgan fingerprint density at radius 2 is 1.75 bits per heavy atom. The van der Waals surface area contributed by atoms with Gasteiger partial charge in [-0.05, 0) is 67.8 Å². The summed E-state index contributed by atoms with van der Waals surface area (Å²) in [4.78, 5) is 32.8. The Morgan fingerprint density at radius 1 is 1.00 bits per heavy atom. The molecule has 1 saturated heterocycles. The third-order valence-electron chi connectivity index (χ3n) is 6.75. The summed E-state index contributed by atoms with van der Waals surface area (Å²) in [7, 11) is 1.60. The van der Waals surface area contributed by atoms with E-state index in [-0.39, 0.29) is 24.2 Å². The van der Waals surface area contributed by atoms with Crippen molar-refractivity contribution < 1.29 is 19.1 Å². The summed E-state index contributed by atoms with van der Waals surface area (Å²) in [5.41, 5.74) is 3.99. The minimum atomic E-state index is -0.0903. The fraction of sp³-hybridized carbons (Fsp3) is 0.276. The van der Waals surface area contributed by atoms with E-state index in [2.05, 4.69) is 4.98 Å². The molecular formula is C29H29N3O4. The van der Waals surface area contributed by atoms with Gasteiger partial charge in [0.2, 0.25) is 0 Å². The normalized spacial score (nSPS) is 14.1. The number of amides is 1. The molecule has 7 heteroatoms. The molecule has 36 heavy (non-hydrogen) atoms. The maximum atomic E-state index is 13.4. The van der Waals surface area contributed by atoms with Crippen LogP contribution >= 0.6 is 0 Å². The van der Waals surface area contributed by atoms with E-state index in [1.165, 1.54) is 0 Å². The molecule has 3 heterocycles. The Labute approximate surface area is 210 Å². The zero-order valence-electron chi connectivity index (χ0n) is 20.5. The topological polar surface area (TPSA) is 73.1 Å². The summed E-state index contributed by atoms with van der Waals surface area (Å²) in [5.74, 6) is 1.22. The van der Waals surface area contributed by atoms with E-state index in [4.69, 9.17) is 9.47 Å². The summed E-state index contributed by atoms with van der Waals surface area (Å²) in [6, 6.07) is 18.5. The molecule has 2 aromatic carbocycles. The molecule has 0 atom stereocenters. The van der Waals surface area contributed by atoms with Gasteiger partial charge in [0, 0.05) is 37.0 Å². The summed E-state index contributed by atoms with van der Waals surface area (Å²) in [5, 5.41) is 0. The number of likely N-dealkylation sites (tertiary alicyclic amines) is 1. The number of hydrogen-bond donors (Lipinski definition) is 0. The van der Waals surface area contributed by atoms with Gasteiger partial charge in [0.1, 0.15) is 23.8 Å². The molecule has 0 spiro atoms. The van der Waals surface area contributed by atoms with Crippen LogP contribution in [0.2, 0.25) is 0 Å². The molecule has 5 rings (SSSR count). The number of aromatic nitrogens is 2. The van der Waals surface area contributed by atoms with Crippen LogP contribution in [0.5, 0.6) is 11.5 Å². The van der Waals surface area contributed by atoms with Crippen LogP contribution in [0, 0.1) is 12.8 Å². The van der Waals surface area contributed by atoms with Crippen LogP contribution in [-0.2, 0) is 6.61 Å². The number of pyridine rings is 1. The quantitative estimate of drug-likeness (QED) is 0.347. The van der Waals surface area contributed by atoms with Crippen molar-refractivity contribution in [2.24, 2.45) is 5.92 Å². The van der Waals surface area contributed by atoms with Crippen LogP contribution in [0.15, 0.2) is 73.1 Å². The maximum Gasteiger partial charge on any atom is 0.257 e. The number of imidazole rings is 1. The number of nitrogens with zero attached hydrogens (tertiary/aromatic N) is 3. The van der Waals surface area contributed by atoms with Gasteiger partial charge in [-0.1, -0.05) is 18.2 Å². The molecule has 1 aliphatic rings. The maximum absolute atomic E-state index is 13.4. The Kier molecular flexibility index (Phi) is 6.71. The van der Waals surface area contributed by atoms with Crippen molar-refractivity contribution in [3.8, 4) is 11.5 Å². The van der Waals surface area contributed by atoms with Crippen molar-refractivity contribution in [2.75, 3.05) is 20.2 Å². The second kappa shape index (κ2) is 10.2. The molecule has 0 radical (unpaired) electrons. The first kappa shape index (κ1) is 23.6. The van der Waals surface area contributed by atoms with Crippen molar-refractivity contribution in [1.82, 2.24) is 14.3 Å². The molecule has 7 nitrogen and oxygen atoms in total. The summed E-state index contributed by atoms with van der Waals surface area (Å²) in [6.45, 7) is 3.36. The van der Waals surface area contributed by atoms with Crippen molar-refractivity contribution in [3.05, 3.63) is 95.4 Å². The van der Waals surface area contributed by atoms with Gasteiger partial charge in [-0.15, -0.1) is 0 Å². The highest BCUT2D eigenvalue weighted by molar-refractivity contribution is 5.99. The standard InChI is InChI=1S/C29H29N3O4/c1-20-6-5-15-32-18-23(30-28(20)32)19-36-26-8-4-3-7-25(26)29(34)31-16-13-22(14-17-31)27(33)21-9-11-24(35-2)12-10-21/h3-12,15,18,22H,13-14,16-17,19H2,1-2H3. The van der Waals surface area contributed by atoms with Gasteiger partial charge in [0.15, 0.2) is 5.78 Å². The van der Waals surface area contributed by atoms with E-state index in [9.17, 15) is 9.59 Å². The van der Waals surface area contributed by atoms with E-state index >= 15 is 0 Å². The molecular weight excluding hydrogens is 454 g/mol. The summed E-state index contributed by atoms with van der Waals surface area (Å²) < 4.78 is 13.2. The molecule has 2 aromatic heterocycles. The van der Waals surface area contributed by atoms with Gasteiger partial charge in [0.05, 0.1) is 18.4 Å². The lowest BCUT2D eigenvalue weighted by Crippen LogP contribution is -2.40. The number of aryl methyl sites for hydroxylation is 1. The molecule has 0 unspecified atom stereocenters. The third-order valence-corrected chi connectivity index (χ3v) is 6.75. The summed E-state index contributed by atoms with van der Waals surface area (Å²) in [6.07, 6.45) is 5.18. The number of hydrogen-bond acceptors (Lipinski definition) is 5. The average Bonchev–Trinajstić information content (AvgIpc) is 3.36. The molecule has 1 aliphatic heterocycles. The Hall–Kier alpha value is -4.13. The third kappa shape index (κ3) is 4.82. The minimum Gasteiger partial charge on any atom is -0.497 e. The van der Waals surface area contributed by atoms with Crippen LogP contribution in [-0.4, -0.2) is 46.2 Å². The number of benzene rings is 2. The lowest BCUT2D eigenvalue weighted by atomic mass is 9.88. The SMILES string of the molecule is COc1ccc(C(=O)C2CCN(C(=O)c3ccccc3OCc3cn4cccc(C)c4n3)CC2)cc1. The van der Waals surface area contributed by atoms with Crippen molar-refractivity contribution in [2.45, 2.75) is 26.4 Å². The van der Waals surface area contributed by atoms with E-state index in [0.717, 1.165) is 22.7 Å². The van der Waals surface area contributed by atoms with Crippen LogP contribution in [0.25, 0.3) is 5.65 Å². The number of ketones is 1. The van der Waals surface area contributed by atoms with Crippen molar-refractivity contribution in [3.63, 3.8) is 0 Å². The Balaban J connectivity index is 1.22. The number of carbonyl (C=O) groups is 2. The first-order valence-electron chi connectivity index (χ1n) is 12.2. The number of para-hydroxylation sites is 1. The number of ether oxygens (including phenoxy) is 2. The van der Waals surface area contributed by atoms with Gasteiger partial charge in [-0.25, -0.2) is 4.98 Å². The number of piperidine rings is 1. The summed E-state index contributed by atoms with van der Waals surface area (Å²) >= 11 is 0. The highest BCUT2D eigenvalue weighted by atomic mass is 16.5. The fourth-order valence-electron chi connectivity index (χ4n) is 4.70. The highest BCUT2D eigenvalue weighted by Crippen LogP contribution is 2.27. The second-order valence-corrected chi connectivity index (χ2v) is 9.10. The second-order valence-electron chi connectivity index (χ2n) is 9.10. The number of carbonyl (C=O) groups excluding carboxylic acids is 2. The highest BCUT2D eigenvalue weighted by Gasteiger charge is 2.29. The van der Waals surface area contributed by atoms with E-state index in [1.54, 1.807) is 37.4 Å². The van der Waals surface area contributed by atoms with Crippen LogP contribution in [0.1, 0.15) is 44.8 Å². The molecule has 184 valence electrons. The van der Waals surface area contributed by atoms with Gasteiger partial charge < -0.3 is 18.8 Å². The van der Waals surface area contributed by atoms with E-state index < -0.39 is 0 Å². The average molecular weight is 484 g/mol. The molecule has 4 aromatic rings. The van der Waals surface area contributed by atoms with Gasteiger partial charge in [-0.3, -0.25) is 9.59 Å². The van der Waals surface area contributed by atoms with Crippen LogP contribution < -0.4 is 9.47 Å². The monoisotopic (exact) mass is 483 g/mol. The molecule has 0 bridgehead atoms. The van der Waals surface area contributed by atoms with Crippen molar-refractivity contribution in [1.29, 1.82) is 0 Å². The lowest BCUT2D eigenvalue weighted by molar-refractivity contribution is 0.0646. The number of rotatable bonds is 7. The number of fused-ring (bicyclic) bond motifs is 1. The molecule has 1 amide bonds. The van der Waals surface area contributed by atoms with Gasteiger partial charge in [0.25, 0.3) is 5.91 Å². The van der Waals surface area contributed by atoms with E-state index in [0.29, 0.717) is 42.8 Å². The van der Waals surface area contributed by atoms with E-state index in [1.807, 2.05) is 58.9 Å². The zero-order chi connectivity index (χ0) is 25.1. The fourth-order valence-corrected chi connectivity index (χ4v) is 4.70. The minimum absolute atomic E-state index is 0.0770. The lowest BCUT2D eigenvalue weighted by Gasteiger charge is -2.31. The molecule has 0 N–H and O–H groups in total. The van der Waals surface area contributed by atoms with Crippen molar-refractivity contribution >= 4 is 17.3 Å². The molecule has 1 fully saturated rings. The number of methoxy groups -OCH3 is 1. The van der Waals surface area contributed by atoms with Crippen LogP contribution in [0.4, 0.5) is 0 Å². The first-order valence-corrected chi connectivity index (χ1v) is 12.2. The molecule has 0 aliphatic carbocycles. The van der Waals surface area contributed by atoms with Crippen LogP contribution in [0.3, 0.4) is 0 Å².